The second kappa shape index (κ2) is 12.3. The average Bonchev–Trinajstić information content (AvgIpc) is 2.83. The van der Waals surface area contributed by atoms with Gasteiger partial charge in [0.15, 0.2) is 5.78 Å². The molecule has 2 aromatic rings. The molecule has 3 rings (SSSR count). The van der Waals surface area contributed by atoms with E-state index in [1.54, 1.807) is 42.6 Å². The van der Waals surface area contributed by atoms with E-state index in [1.807, 2.05) is 6.92 Å². The molecule has 1 N–H and O–H groups in total. The molecule has 7 nitrogen and oxygen atoms in total. The zero-order valence-electron chi connectivity index (χ0n) is 18.7. The van der Waals surface area contributed by atoms with Gasteiger partial charge in [-0.25, -0.2) is 4.98 Å². The second-order valence-corrected chi connectivity index (χ2v) is 8.45. The summed E-state index contributed by atoms with van der Waals surface area (Å²) in [6, 6.07) is 10.0. The van der Waals surface area contributed by atoms with Gasteiger partial charge in [0.05, 0.1) is 24.8 Å². The van der Waals surface area contributed by atoms with Crippen LogP contribution in [0.1, 0.15) is 66.3 Å². The SMILES string of the molecule is CCOC(=O)C1CCC(Oc2ccc(C(=O)CCCNC(=O)c3ccc(Cl)cc3)nc2)CC1. The quantitative estimate of drug-likeness (QED) is 0.308. The van der Waals surface area contributed by atoms with Crippen molar-refractivity contribution < 1.29 is 23.9 Å². The van der Waals surface area contributed by atoms with Crippen LogP contribution in [0.15, 0.2) is 42.6 Å². The number of nitrogens with one attached hydrogen (secondary N) is 1. The van der Waals surface area contributed by atoms with Crippen LogP contribution in [0.2, 0.25) is 5.02 Å². The Kier molecular flexibility index (Phi) is 9.24. The van der Waals surface area contributed by atoms with E-state index >= 15 is 0 Å². The molecule has 1 aromatic carbocycles. The molecule has 0 atom stereocenters. The summed E-state index contributed by atoms with van der Waals surface area (Å²) in [5.74, 6) is 0.164. The molecule has 176 valence electrons. The molecule has 0 spiro atoms. The molecule has 1 aliphatic carbocycles. The molecule has 1 fully saturated rings. The number of pyridine rings is 1. The summed E-state index contributed by atoms with van der Waals surface area (Å²) >= 11 is 5.82. The van der Waals surface area contributed by atoms with Gasteiger partial charge in [-0.05, 0) is 75.4 Å². The highest BCUT2D eigenvalue weighted by Gasteiger charge is 2.28. The van der Waals surface area contributed by atoms with Crippen molar-refractivity contribution in [2.75, 3.05) is 13.2 Å². The first-order chi connectivity index (χ1) is 16.0. The zero-order valence-corrected chi connectivity index (χ0v) is 19.5. The molecule has 1 aliphatic rings. The topological polar surface area (TPSA) is 94.6 Å². The van der Waals surface area contributed by atoms with E-state index in [2.05, 4.69) is 10.3 Å². The van der Waals surface area contributed by atoms with Crippen LogP contribution in [-0.2, 0) is 9.53 Å². The summed E-state index contributed by atoms with van der Waals surface area (Å²) in [6.07, 6.45) is 5.46. The van der Waals surface area contributed by atoms with Gasteiger partial charge in [-0.3, -0.25) is 14.4 Å². The van der Waals surface area contributed by atoms with Gasteiger partial charge in [-0.15, -0.1) is 0 Å². The number of nitrogens with zero attached hydrogens (tertiary/aromatic N) is 1. The molecule has 1 aromatic heterocycles. The molecule has 33 heavy (non-hydrogen) atoms. The predicted molar refractivity (Wildman–Crippen MR) is 125 cm³/mol. The number of amides is 1. The average molecular weight is 473 g/mol. The van der Waals surface area contributed by atoms with Gasteiger partial charge >= 0.3 is 5.97 Å². The number of Topliss-reactive ketones (excluding diaryl/α,β-unsaturated/α-hetero) is 1. The van der Waals surface area contributed by atoms with E-state index in [4.69, 9.17) is 21.1 Å². The molecule has 0 saturated heterocycles. The van der Waals surface area contributed by atoms with E-state index in [9.17, 15) is 14.4 Å². The fourth-order valence-corrected chi connectivity index (χ4v) is 3.89. The third-order valence-electron chi connectivity index (χ3n) is 5.59. The minimum absolute atomic E-state index is 0.0308. The van der Waals surface area contributed by atoms with Gasteiger partial charge in [-0.2, -0.15) is 0 Å². The van der Waals surface area contributed by atoms with E-state index < -0.39 is 0 Å². The fourth-order valence-electron chi connectivity index (χ4n) is 3.77. The van der Waals surface area contributed by atoms with Gasteiger partial charge in [0.1, 0.15) is 11.4 Å². The lowest BCUT2D eigenvalue weighted by atomic mass is 9.87. The third-order valence-corrected chi connectivity index (χ3v) is 5.84. The highest BCUT2D eigenvalue weighted by Crippen LogP contribution is 2.28. The zero-order chi connectivity index (χ0) is 23.6. The lowest BCUT2D eigenvalue weighted by molar-refractivity contribution is -0.149. The number of ketones is 1. The number of benzene rings is 1. The normalized spacial score (nSPS) is 17.8. The summed E-state index contributed by atoms with van der Waals surface area (Å²) in [6.45, 7) is 2.61. The van der Waals surface area contributed by atoms with Crippen LogP contribution in [0.4, 0.5) is 0 Å². The minimum atomic E-state index is -0.199. The molecule has 8 heteroatoms. The summed E-state index contributed by atoms with van der Waals surface area (Å²) < 4.78 is 11.1. The predicted octanol–water partition coefficient (Wildman–Crippen LogP) is 4.63. The van der Waals surface area contributed by atoms with E-state index in [0.717, 1.165) is 25.7 Å². The van der Waals surface area contributed by atoms with Crippen LogP contribution in [0.3, 0.4) is 0 Å². The van der Waals surface area contributed by atoms with Crippen molar-refractivity contribution >= 4 is 29.3 Å². The van der Waals surface area contributed by atoms with Gasteiger partial charge in [0, 0.05) is 23.6 Å². The number of ether oxygens (including phenoxy) is 2. The Balaban J connectivity index is 1.37. The lowest BCUT2D eigenvalue weighted by Gasteiger charge is -2.27. The lowest BCUT2D eigenvalue weighted by Crippen LogP contribution is -2.29. The number of hydrogen-bond donors (Lipinski definition) is 1. The third kappa shape index (κ3) is 7.56. The summed E-state index contributed by atoms with van der Waals surface area (Å²) in [5, 5.41) is 3.36. The Labute approximate surface area is 198 Å². The molecule has 0 bridgehead atoms. The smallest absolute Gasteiger partial charge is 0.308 e. The van der Waals surface area contributed by atoms with Crippen LogP contribution in [-0.4, -0.2) is 41.9 Å². The molecular formula is C25H29ClN2O5. The number of carbonyl (C=O) groups excluding carboxylic acids is 3. The molecule has 1 heterocycles. The highest BCUT2D eigenvalue weighted by atomic mass is 35.5. The molecule has 0 unspecified atom stereocenters. The van der Waals surface area contributed by atoms with E-state index in [0.29, 0.717) is 41.6 Å². The van der Waals surface area contributed by atoms with Gasteiger partial charge in [-0.1, -0.05) is 11.6 Å². The van der Waals surface area contributed by atoms with Gasteiger partial charge in [0.25, 0.3) is 5.91 Å². The Morgan fingerprint density at radius 3 is 2.42 bits per heavy atom. The maximum Gasteiger partial charge on any atom is 0.308 e. The first kappa shape index (κ1) is 24.7. The maximum atomic E-state index is 12.4. The largest absolute Gasteiger partial charge is 0.489 e. The van der Waals surface area contributed by atoms with Crippen LogP contribution in [0.25, 0.3) is 0 Å². The summed E-state index contributed by atoms with van der Waals surface area (Å²) in [7, 11) is 0. The summed E-state index contributed by atoms with van der Waals surface area (Å²) in [4.78, 5) is 40.5. The first-order valence-corrected chi connectivity index (χ1v) is 11.7. The van der Waals surface area contributed by atoms with Gasteiger partial charge in [0.2, 0.25) is 0 Å². The van der Waals surface area contributed by atoms with Crippen molar-refractivity contribution in [2.24, 2.45) is 5.92 Å². The Morgan fingerprint density at radius 2 is 1.79 bits per heavy atom. The van der Waals surface area contributed by atoms with Crippen molar-refractivity contribution in [3.63, 3.8) is 0 Å². The molecule has 0 radical (unpaired) electrons. The number of halogens is 1. The molecular weight excluding hydrogens is 444 g/mol. The second-order valence-electron chi connectivity index (χ2n) is 8.01. The monoisotopic (exact) mass is 472 g/mol. The van der Waals surface area contributed by atoms with E-state index in [-0.39, 0.29) is 36.1 Å². The van der Waals surface area contributed by atoms with Crippen LogP contribution in [0.5, 0.6) is 5.75 Å². The number of aromatic nitrogens is 1. The first-order valence-electron chi connectivity index (χ1n) is 11.3. The molecule has 0 aliphatic heterocycles. The highest BCUT2D eigenvalue weighted by molar-refractivity contribution is 6.30. The minimum Gasteiger partial charge on any atom is -0.489 e. The van der Waals surface area contributed by atoms with Crippen molar-refractivity contribution in [1.82, 2.24) is 10.3 Å². The number of rotatable bonds is 10. The maximum absolute atomic E-state index is 12.4. The number of hydrogen-bond acceptors (Lipinski definition) is 6. The van der Waals surface area contributed by atoms with Crippen molar-refractivity contribution in [2.45, 2.75) is 51.6 Å². The van der Waals surface area contributed by atoms with Crippen LogP contribution in [0, 0.1) is 5.92 Å². The molecule has 1 amide bonds. The number of esters is 1. The van der Waals surface area contributed by atoms with Crippen molar-refractivity contribution in [1.29, 1.82) is 0 Å². The van der Waals surface area contributed by atoms with Crippen molar-refractivity contribution in [3.05, 3.63) is 58.9 Å². The molecule has 1 saturated carbocycles. The Bertz CT molecular complexity index is 938. The summed E-state index contributed by atoms with van der Waals surface area (Å²) in [5.41, 5.74) is 0.898. The Hall–Kier alpha value is -2.93. The van der Waals surface area contributed by atoms with Crippen molar-refractivity contribution in [3.8, 4) is 5.75 Å². The fraction of sp³-hybridized carbons (Fsp3) is 0.440. The van der Waals surface area contributed by atoms with Crippen LogP contribution >= 0.6 is 11.6 Å². The van der Waals surface area contributed by atoms with Gasteiger partial charge < -0.3 is 14.8 Å². The van der Waals surface area contributed by atoms with Crippen LogP contribution < -0.4 is 10.1 Å². The van der Waals surface area contributed by atoms with E-state index in [1.165, 1.54) is 0 Å². The number of carbonyl (C=O) groups is 3. The Morgan fingerprint density at radius 1 is 1.06 bits per heavy atom. The standard InChI is InChI=1S/C25H29ClN2O5/c1-2-32-25(31)18-7-11-20(12-8-18)33-21-13-14-22(28-16-21)23(29)4-3-15-27-24(30)17-5-9-19(26)10-6-17/h5-6,9-10,13-14,16,18,20H,2-4,7-8,11-12,15H2,1H3,(H,27,30).